The fourth-order valence-corrected chi connectivity index (χ4v) is 1.98. The van der Waals surface area contributed by atoms with Crippen LogP contribution in [0.15, 0.2) is 6.20 Å². The maximum Gasteiger partial charge on any atom is 0.395 e. The van der Waals surface area contributed by atoms with Gasteiger partial charge in [0.2, 0.25) is 0 Å². The Morgan fingerprint density at radius 2 is 2.18 bits per heavy atom. The number of nitrogens with zero attached hydrogens (tertiary/aromatic N) is 2. The van der Waals surface area contributed by atoms with Crippen LogP contribution in [0.3, 0.4) is 0 Å². The molecule has 0 aliphatic heterocycles. The predicted octanol–water partition coefficient (Wildman–Crippen LogP) is 2.49. The van der Waals surface area contributed by atoms with Gasteiger partial charge in [-0.25, -0.2) is 14.3 Å². The first-order valence-electron chi connectivity index (χ1n) is 6.70. The summed E-state index contributed by atoms with van der Waals surface area (Å²) in [4.78, 5) is 15.8. The van der Waals surface area contributed by atoms with Crippen LogP contribution < -0.4 is 10.1 Å². The summed E-state index contributed by atoms with van der Waals surface area (Å²) in [7, 11) is 1.39. The molecule has 1 aliphatic carbocycles. The maximum absolute atomic E-state index is 12.7. The number of aromatic nitrogens is 2. The third-order valence-corrected chi connectivity index (χ3v) is 3.53. The molecule has 1 aromatic heterocycles. The number of hydrogen-bond donors (Lipinski definition) is 1. The summed E-state index contributed by atoms with van der Waals surface area (Å²) < 4.78 is 44.1. The maximum atomic E-state index is 12.7. The molecule has 120 valence electrons. The normalized spacial score (nSPS) is 15.7. The molecule has 5 nitrogen and oxygen atoms in total. The SMILES string of the molecule is COc1nc(C)cn1C(=O)NCC#CCC1(C(F)(F)F)CC1. The van der Waals surface area contributed by atoms with E-state index in [1.165, 1.54) is 17.9 Å². The lowest BCUT2D eigenvalue weighted by atomic mass is 10.0. The van der Waals surface area contributed by atoms with Crippen LogP contribution in [0.25, 0.3) is 0 Å². The number of carbonyl (C=O) groups excluding carboxylic acids is 1. The van der Waals surface area contributed by atoms with E-state index in [-0.39, 0.29) is 31.8 Å². The Morgan fingerprint density at radius 1 is 1.50 bits per heavy atom. The number of carbonyl (C=O) groups is 1. The van der Waals surface area contributed by atoms with E-state index in [1.807, 2.05) is 0 Å². The molecule has 0 atom stereocenters. The molecule has 1 aromatic rings. The van der Waals surface area contributed by atoms with Crippen molar-refractivity contribution >= 4 is 6.03 Å². The molecule has 1 aliphatic rings. The standard InChI is InChI=1S/C14H16F3N3O2/c1-10-9-20(12(19-10)22-2)11(21)18-8-4-3-5-13(6-7-13)14(15,16)17/h9H,5-8H2,1-2H3,(H,18,21). The molecule has 1 saturated carbocycles. The monoisotopic (exact) mass is 315 g/mol. The average Bonchev–Trinajstić information content (AvgIpc) is 3.14. The van der Waals surface area contributed by atoms with Gasteiger partial charge < -0.3 is 10.1 Å². The van der Waals surface area contributed by atoms with Crippen LogP contribution in [0.4, 0.5) is 18.0 Å². The first-order chi connectivity index (χ1) is 10.3. The van der Waals surface area contributed by atoms with E-state index in [1.54, 1.807) is 6.92 Å². The summed E-state index contributed by atoms with van der Waals surface area (Å²) in [6, 6.07) is -0.360. The van der Waals surface area contributed by atoms with Gasteiger partial charge in [-0.2, -0.15) is 13.2 Å². The fraction of sp³-hybridized carbons (Fsp3) is 0.571. The van der Waals surface area contributed by atoms with Gasteiger partial charge in [-0.1, -0.05) is 5.92 Å². The van der Waals surface area contributed by atoms with Gasteiger partial charge in [0, 0.05) is 12.6 Å². The van der Waals surface area contributed by atoms with Gasteiger partial charge in [0.1, 0.15) is 0 Å². The van der Waals surface area contributed by atoms with Gasteiger partial charge in [0.15, 0.2) is 0 Å². The van der Waals surface area contributed by atoms with Crippen LogP contribution in [-0.2, 0) is 0 Å². The topological polar surface area (TPSA) is 56.2 Å². The largest absolute Gasteiger partial charge is 0.468 e. The minimum atomic E-state index is -4.20. The fourth-order valence-electron chi connectivity index (χ4n) is 1.98. The van der Waals surface area contributed by atoms with Crippen molar-refractivity contribution in [2.45, 2.75) is 32.4 Å². The van der Waals surface area contributed by atoms with Crippen molar-refractivity contribution in [1.82, 2.24) is 14.9 Å². The molecule has 2 rings (SSSR count). The van der Waals surface area contributed by atoms with Crippen molar-refractivity contribution in [1.29, 1.82) is 0 Å². The van der Waals surface area contributed by atoms with Crippen LogP contribution >= 0.6 is 0 Å². The van der Waals surface area contributed by atoms with Crippen molar-refractivity contribution in [3.05, 3.63) is 11.9 Å². The van der Waals surface area contributed by atoms with Crippen LogP contribution in [0, 0.1) is 24.2 Å². The van der Waals surface area contributed by atoms with E-state index < -0.39 is 17.6 Å². The van der Waals surface area contributed by atoms with Gasteiger partial charge in [-0.15, -0.1) is 5.92 Å². The van der Waals surface area contributed by atoms with Crippen LogP contribution in [0.5, 0.6) is 6.01 Å². The van der Waals surface area contributed by atoms with E-state index in [9.17, 15) is 18.0 Å². The summed E-state index contributed by atoms with van der Waals surface area (Å²) in [6.07, 6.45) is -2.68. The molecule has 0 saturated heterocycles. The summed E-state index contributed by atoms with van der Waals surface area (Å²) in [5.74, 6) is 5.04. The zero-order valence-corrected chi connectivity index (χ0v) is 12.3. The molecule has 0 aromatic carbocycles. The van der Waals surface area contributed by atoms with Crippen LogP contribution in [0.2, 0.25) is 0 Å². The van der Waals surface area contributed by atoms with Gasteiger partial charge in [0.25, 0.3) is 0 Å². The van der Waals surface area contributed by atoms with E-state index >= 15 is 0 Å². The van der Waals surface area contributed by atoms with Crippen molar-refractivity contribution in [3.8, 4) is 17.9 Å². The average molecular weight is 315 g/mol. The first kappa shape index (κ1) is 16.2. The lowest BCUT2D eigenvalue weighted by molar-refractivity contribution is -0.185. The third-order valence-electron chi connectivity index (χ3n) is 3.53. The number of alkyl halides is 3. The molecule has 1 N–H and O–H groups in total. The molecule has 1 amide bonds. The minimum absolute atomic E-state index is 0.0346. The first-order valence-corrected chi connectivity index (χ1v) is 6.70. The number of imidazole rings is 1. The quantitative estimate of drug-likeness (QED) is 0.872. The molecule has 0 bridgehead atoms. The summed E-state index contributed by atoms with van der Waals surface area (Å²) in [6.45, 7) is 1.67. The number of aryl methyl sites for hydroxylation is 1. The predicted molar refractivity (Wildman–Crippen MR) is 72.4 cm³/mol. The molecule has 1 fully saturated rings. The highest BCUT2D eigenvalue weighted by Crippen LogP contribution is 2.59. The number of ether oxygens (including phenoxy) is 1. The van der Waals surface area contributed by atoms with Crippen molar-refractivity contribution < 1.29 is 22.7 Å². The van der Waals surface area contributed by atoms with Gasteiger partial charge in [-0.3, -0.25) is 0 Å². The third kappa shape index (κ3) is 3.35. The van der Waals surface area contributed by atoms with Gasteiger partial charge >= 0.3 is 18.2 Å². The Morgan fingerprint density at radius 3 is 2.73 bits per heavy atom. The molecule has 0 spiro atoms. The van der Waals surface area contributed by atoms with E-state index in [2.05, 4.69) is 22.1 Å². The zero-order valence-electron chi connectivity index (χ0n) is 12.3. The molecule has 0 radical (unpaired) electrons. The summed E-state index contributed by atoms with van der Waals surface area (Å²) in [5.41, 5.74) is -1.02. The number of halogens is 3. The summed E-state index contributed by atoms with van der Waals surface area (Å²) >= 11 is 0. The second kappa shape index (κ2) is 5.91. The Hall–Kier alpha value is -2.17. The van der Waals surface area contributed by atoms with E-state index in [0.29, 0.717) is 5.69 Å². The van der Waals surface area contributed by atoms with Gasteiger partial charge in [0.05, 0.1) is 24.8 Å². The van der Waals surface area contributed by atoms with Crippen LogP contribution in [0.1, 0.15) is 25.0 Å². The van der Waals surface area contributed by atoms with Crippen molar-refractivity contribution in [2.75, 3.05) is 13.7 Å². The lowest BCUT2D eigenvalue weighted by Crippen LogP contribution is -2.28. The number of methoxy groups -OCH3 is 1. The minimum Gasteiger partial charge on any atom is -0.468 e. The molecule has 1 heterocycles. The summed E-state index contributed by atoms with van der Waals surface area (Å²) in [5, 5.41) is 2.48. The molecule has 0 unspecified atom stereocenters. The van der Waals surface area contributed by atoms with Gasteiger partial charge in [-0.05, 0) is 19.8 Å². The van der Waals surface area contributed by atoms with E-state index in [0.717, 1.165) is 0 Å². The number of hydrogen-bond acceptors (Lipinski definition) is 3. The smallest absolute Gasteiger partial charge is 0.395 e. The number of rotatable bonds is 3. The molecule has 8 heteroatoms. The zero-order chi connectivity index (χ0) is 16.4. The van der Waals surface area contributed by atoms with E-state index in [4.69, 9.17) is 4.74 Å². The molecular formula is C14H16F3N3O2. The Labute approximate surface area is 125 Å². The molecule has 22 heavy (non-hydrogen) atoms. The number of nitrogens with one attached hydrogen (secondary N) is 1. The number of amides is 1. The highest BCUT2D eigenvalue weighted by molar-refractivity contribution is 5.78. The van der Waals surface area contributed by atoms with Crippen molar-refractivity contribution in [3.63, 3.8) is 0 Å². The Balaban J connectivity index is 1.85. The van der Waals surface area contributed by atoms with Crippen LogP contribution in [-0.4, -0.2) is 35.4 Å². The Kier molecular flexibility index (Phi) is 4.35. The molecular weight excluding hydrogens is 299 g/mol. The second-order valence-corrected chi connectivity index (χ2v) is 5.21. The second-order valence-electron chi connectivity index (χ2n) is 5.21. The highest BCUT2D eigenvalue weighted by Gasteiger charge is 2.62. The lowest BCUT2D eigenvalue weighted by Gasteiger charge is -2.15. The Bertz CT molecular complexity index is 622. The van der Waals surface area contributed by atoms with Crippen molar-refractivity contribution in [2.24, 2.45) is 5.41 Å². The highest BCUT2D eigenvalue weighted by atomic mass is 19.4.